The Morgan fingerprint density at radius 1 is 1.33 bits per heavy atom. The smallest absolute Gasteiger partial charge is 0.341 e. The van der Waals surface area contributed by atoms with Crippen molar-refractivity contribution in [2.75, 3.05) is 6.61 Å². The molecule has 118 valence electrons. The van der Waals surface area contributed by atoms with Gasteiger partial charge in [0.05, 0.1) is 16.5 Å². The Bertz CT molecular complexity index is 592. The zero-order chi connectivity index (χ0) is 16.3. The number of hydrogen-bond acceptors (Lipinski definition) is 5. The molecule has 7 nitrogen and oxygen atoms in total. The van der Waals surface area contributed by atoms with Gasteiger partial charge >= 0.3 is 5.97 Å². The Balaban J connectivity index is 2.88. The number of rotatable bonds is 7. The average molecular weight is 317 g/mol. The first-order valence-corrected chi connectivity index (χ1v) is 7.69. The van der Waals surface area contributed by atoms with E-state index in [1.807, 2.05) is 0 Å². The Morgan fingerprint density at radius 2 is 1.86 bits per heavy atom. The van der Waals surface area contributed by atoms with Gasteiger partial charge in [-0.3, -0.25) is 0 Å². The van der Waals surface area contributed by atoms with E-state index in [1.165, 1.54) is 31.2 Å². The summed E-state index contributed by atoms with van der Waals surface area (Å²) >= 11 is 0. The van der Waals surface area contributed by atoms with Crippen molar-refractivity contribution >= 4 is 16.0 Å². The van der Waals surface area contributed by atoms with Crippen molar-refractivity contribution in [2.24, 2.45) is 0 Å². The van der Waals surface area contributed by atoms with E-state index in [9.17, 15) is 18.3 Å². The van der Waals surface area contributed by atoms with Crippen molar-refractivity contribution in [3.8, 4) is 5.75 Å². The molecular weight excluding hydrogens is 298 g/mol. The lowest BCUT2D eigenvalue weighted by atomic mass is 10.0. The lowest BCUT2D eigenvalue weighted by molar-refractivity contribution is -0.139. The average Bonchev–Trinajstić information content (AvgIpc) is 2.35. The minimum atomic E-state index is -3.79. The van der Waals surface area contributed by atoms with Crippen LogP contribution < -0.4 is 9.46 Å². The summed E-state index contributed by atoms with van der Waals surface area (Å²) in [5.74, 6) is -0.863. The van der Waals surface area contributed by atoms with Crippen molar-refractivity contribution in [1.29, 1.82) is 0 Å². The van der Waals surface area contributed by atoms with Crippen molar-refractivity contribution < 1.29 is 28.2 Å². The van der Waals surface area contributed by atoms with E-state index in [0.29, 0.717) is 0 Å². The van der Waals surface area contributed by atoms with Crippen LogP contribution in [0, 0.1) is 0 Å². The molecule has 0 bridgehead atoms. The van der Waals surface area contributed by atoms with Gasteiger partial charge in [-0.1, -0.05) is 0 Å². The molecule has 1 unspecified atom stereocenters. The van der Waals surface area contributed by atoms with Gasteiger partial charge in [0, 0.05) is 0 Å². The third kappa shape index (κ3) is 5.00. The van der Waals surface area contributed by atoms with Crippen molar-refractivity contribution in [3.05, 3.63) is 24.3 Å². The highest BCUT2D eigenvalue weighted by Gasteiger charge is 2.30. The maximum atomic E-state index is 12.2. The molecule has 0 spiro atoms. The number of nitrogens with one attached hydrogen (secondary N) is 1. The minimum Gasteiger partial charge on any atom is -0.482 e. The van der Waals surface area contributed by atoms with Crippen molar-refractivity contribution in [2.45, 2.75) is 37.3 Å². The van der Waals surface area contributed by atoms with Gasteiger partial charge in [0.25, 0.3) is 0 Å². The van der Waals surface area contributed by atoms with Crippen molar-refractivity contribution in [3.63, 3.8) is 0 Å². The van der Waals surface area contributed by atoms with Crippen LogP contribution in [0.25, 0.3) is 0 Å². The number of carboxylic acids is 1. The number of carbonyl (C=O) groups is 1. The molecular formula is C13H19NO6S. The topological polar surface area (TPSA) is 113 Å². The monoisotopic (exact) mass is 317 g/mol. The number of aliphatic hydroxyl groups is 1. The Kier molecular flexibility index (Phi) is 5.32. The molecule has 0 aliphatic carbocycles. The molecule has 1 rings (SSSR count). The van der Waals surface area contributed by atoms with Crippen LogP contribution in [-0.4, -0.2) is 42.8 Å². The van der Waals surface area contributed by atoms with E-state index in [-0.39, 0.29) is 10.6 Å². The second-order valence-electron chi connectivity index (χ2n) is 5.16. The molecule has 21 heavy (non-hydrogen) atoms. The molecule has 0 fully saturated rings. The van der Waals surface area contributed by atoms with Gasteiger partial charge in [0.15, 0.2) is 6.61 Å². The molecule has 8 heteroatoms. The van der Waals surface area contributed by atoms with Crippen LogP contribution in [0.4, 0.5) is 0 Å². The fraction of sp³-hybridized carbons (Fsp3) is 0.462. The summed E-state index contributed by atoms with van der Waals surface area (Å²) in [4.78, 5) is 10.4. The van der Waals surface area contributed by atoms with E-state index in [0.717, 1.165) is 0 Å². The summed E-state index contributed by atoms with van der Waals surface area (Å²) in [7, 11) is -3.79. The summed E-state index contributed by atoms with van der Waals surface area (Å²) in [5, 5.41) is 18.0. The van der Waals surface area contributed by atoms with Gasteiger partial charge in [0.1, 0.15) is 5.75 Å². The van der Waals surface area contributed by atoms with Gasteiger partial charge in [-0.25, -0.2) is 17.9 Å². The van der Waals surface area contributed by atoms with E-state index in [1.54, 1.807) is 13.8 Å². The fourth-order valence-electron chi connectivity index (χ4n) is 1.35. The van der Waals surface area contributed by atoms with Crippen LogP contribution in [0.3, 0.4) is 0 Å². The molecule has 1 aromatic carbocycles. The predicted octanol–water partition coefficient (Wildman–Crippen LogP) is 0.588. The molecule has 0 aliphatic heterocycles. The molecule has 0 heterocycles. The fourth-order valence-corrected chi connectivity index (χ4v) is 2.83. The van der Waals surface area contributed by atoms with Gasteiger partial charge in [-0.05, 0) is 45.0 Å². The summed E-state index contributed by atoms with van der Waals surface area (Å²) in [5.41, 5.74) is -1.02. The highest BCUT2D eigenvalue weighted by molar-refractivity contribution is 7.89. The quantitative estimate of drug-likeness (QED) is 0.678. The zero-order valence-corrected chi connectivity index (χ0v) is 12.8. The number of sulfonamides is 1. The van der Waals surface area contributed by atoms with Gasteiger partial charge in [-0.2, -0.15) is 0 Å². The number of aliphatic hydroxyl groups excluding tert-OH is 1. The highest BCUT2D eigenvalue weighted by Crippen LogP contribution is 2.19. The number of benzene rings is 1. The van der Waals surface area contributed by atoms with Gasteiger partial charge in [0.2, 0.25) is 10.0 Å². The van der Waals surface area contributed by atoms with Crippen LogP contribution >= 0.6 is 0 Å². The molecule has 1 atom stereocenters. The molecule has 0 radical (unpaired) electrons. The number of hydrogen-bond donors (Lipinski definition) is 3. The minimum absolute atomic E-state index is 0.00102. The number of ether oxygens (including phenoxy) is 1. The third-order valence-corrected chi connectivity index (χ3v) is 4.63. The standard InChI is InChI=1S/C13H19NO6S/c1-9(15)13(2,3)14-21(18,19)11-6-4-10(5-7-11)20-8-12(16)17/h4-7,9,14-15H,8H2,1-3H3,(H,16,17). The third-order valence-electron chi connectivity index (χ3n) is 2.94. The normalized spacial score (nSPS) is 13.7. The molecule has 3 N–H and O–H groups in total. The summed E-state index contributed by atoms with van der Waals surface area (Å²) in [6.07, 6.45) is -0.870. The Labute approximate surface area is 123 Å². The van der Waals surface area contributed by atoms with Crippen LogP contribution in [0.1, 0.15) is 20.8 Å². The summed E-state index contributed by atoms with van der Waals surface area (Å²) in [6.45, 7) is 4.13. The molecule has 0 amide bonds. The first-order chi connectivity index (χ1) is 9.54. The Hall–Kier alpha value is -1.64. The highest BCUT2D eigenvalue weighted by atomic mass is 32.2. The molecule has 0 saturated heterocycles. The Morgan fingerprint density at radius 3 is 2.29 bits per heavy atom. The van der Waals surface area contributed by atoms with Gasteiger partial charge < -0.3 is 14.9 Å². The zero-order valence-electron chi connectivity index (χ0n) is 12.0. The second kappa shape index (κ2) is 6.42. The molecule has 0 aliphatic rings. The molecule has 1 aromatic rings. The number of carboxylic acid groups (broad SMARTS) is 1. The van der Waals surface area contributed by atoms with Crippen LogP contribution in [0.15, 0.2) is 29.2 Å². The summed E-state index contributed by atoms with van der Waals surface area (Å²) in [6, 6.07) is 5.34. The number of aliphatic carboxylic acids is 1. The van der Waals surface area contributed by atoms with Crippen LogP contribution in [0.5, 0.6) is 5.75 Å². The van der Waals surface area contributed by atoms with E-state index >= 15 is 0 Å². The van der Waals surface area contributed by atoms with E-state index < -0.39 is 34.2 Å². The maximum absolute atomic E-state index is 12.2. The van der Waals surface area contributed by atoms with Gasteiger partial charge in [-0.15, -0.1) is 0 Å². The molecule has 0 saturated carbocycles. The second-order valence-corrected chi connectivity index (χ2v) is 6.84. The first kappa shape index (κ1) is 17.4. The lowest BCUT2D eigenvalue weighted by Gasteiger charge is -2.28. The molecule has 0 aromatic heterocycles. The lowest BCUT2D eigenvalue weighted by Crippen LogP contribution is -2.50. The van der Waals surface area contributed by atoms with Crippen LogP contribution in [-0.2, 0) is 14.8 Å². The largest absolute Gasteiger partial charge is 0.482 e. The summed E-state index contributed by atoms with van der Waals surface area (Å²) < 4.78 is 31.7. The van der Waals surface area contributed by atoms with E-state index in [2.05, 4.69) is 4.72 Å². The SMILES string of the molecule is CC(O)C(C)(C)NS(=O)(=O)c1ccc(OCC(=O)O)cc1. The van der Waals surface area contributed by atoms with Crippen molar-refractivity contribution in [1.82, 2.24) is 4.72 Å². The maximum Gasteiger partial charge on any atom is 0.341 e. The van der Waals surface area contributed by atoms with Crippen LogP contribution in [0.2, 0.25) is 0 Å². The first-order valence-electron chi connectivity index (χ1n) is 6.21. The van der Waals surface area contributed by atoms with E-state index in [4.69, 9.17) is 9.84 Å². The predicted molar refractivity (Wildman–Crippen MR) is 75.7 cm³/mol.